The number of aromatic nitrogens is 3. The number of hydrogen-bond acceptors (Lipinski definition) is 10. The molecule has 1 unspecified atom stereocenters. The molecule has 3 N–H and O–H groups in total. The van der Waals surface area contributed by atoms with Crippen molar-refractivity contribution in [2.45, 2.75) is 38.6 Å². The number of nitrogens with zero attached hydrogens (tertiary/aromatic N) is 5. The van der Waals surface area contributed by atoms with Gasteiger partial charge < -0.3 is 25.0 Å². The summed E-state index contributed by atoms with van der Waals surface area (Å²) < 4.78 is 22.9. The molecule has 2 aliphatic rings. The molecule has 11 nitrogen and oxygen atoms in total. The molecule has 0 aliphatic carbocycles. The number of fused-ring (bicyclic) bond motifs is 1. The fourth-order valence-electron chi connectivity index (χ4n) is 5.82. The first kappa shape index (κ1) is 34.6. The number of benzene rings is 2. The van der Waals surface area contributed by atoms with Crippen LogP contribution in [0, 0.1) is 18.7 Å². The summed E-state index contributed by atoms with van der Waals surface area (Å²) in [5.74, 6) is -1.18. The van der Waals surface area contributed by atoms with Gasteiger partial charge in [-0.3, -0.25) is 14.3 Å². The van der Waals surface area contributed by atoms with Gasteiger partial charge in [0, 0.05) is 36.9 Å². The zero-order valence-electron chi connectivity index (χ0n) is 27.3. The summed E-state index contributed by atoms with van der Waals surface area (Å²) in [6.07, 6.45) is 1.45. The third-order valence-corrected chi connectivity index (χ3v) is 10.1. The standard InChI is InChI=1S/C35H37ClFN7O4S/c1-20-5-4-6-23(15-20)30(19-45)49-42-33(46)21(2)22(3)44-18-24-7-10-28(40-31(24)34(44)47)32-26(36)17-38-35(41-32)39-25-8-9-27(37)29(16-25)43-11-13-48-14-12-43/h4-10,15-17,21-22,30,45H,11-14,18-19H2,1-3H3,(H,42,46)(H,38,39,41)/t21?,22-,30-/m1/s1. The maximum absolute atomic E-state index is 14.7. The maximum Gasteiger partial charge on any atom is 0.273 e. The number of anilines is 3. The molecule has 3 atom stereocenters. The number of nitrogens with one attached hydrogen (secondary N) is 2. The third-order valence-electron chi connectivity index (χ3n) is 8.83. The summed E-state index contributed by atoms with van der Waals surface area (Å²) in [7, 11) is 0. The Hall–Kier alpha value is -4.30. The smallest absolute Gasteiger partial charge is 0.273 e. The largest absolute Gasteiger partial charge is 0.395 e. The lowest BCUT2D eigenvalue weighted by molar-refractivity contribution is -0.124. The highest BCUT2D eigenvalue weighted by Crippen LogP contribution is 2.33. The fraction of sp³-hybridized carbons (Fsp3) is 0.343. The van der Waals surface area contributed by atoms with Gasteiger partial charge in [0.05, 0.1) is 53.6 Å². The minimum absolute atomic E-state index is 0.137. The highest BCUT2D eigenvalue weighted by molar-refractivity contribution is 7.98. The van der Waals surface area contributed by atoms with E-state index in [1.165, 1.54) is 12.3 Å². The highest BCUT2D eigenvalue weighted by Gasteiger charge is 2.37. The normalized spacial score (nSPS) is 16.2. The second kappa shape index (κ2) is 15.1. The third kappa shape index (κ3) is 7.64. The minimum Gasteiger partial charge on any atom is -0.395 e. The van der Waals surface area contributed by atoms with E-state index < -0.39 is 12.0 Å². The lowest BCUT2D eigenvalue weighted by Crippen LogP contribution is -2.43. The van der Waals surface area contributed by atoms with Crippen LogP contribution in [0.3, 0.4) is 0 Å². The van der Waals surface area contributed by atoms with Crippen LogP contribution in [0.25, 0.3) is 11.4 Å². The summed E-state index contributed by atoms with van der Waals surface area (Å²) in [6, 6.07) is 15.6. The van der Waals surface area contributed by atoms with Crippen molar-refractivity contribution in [3.63, 3.8) is 0 Å². The molecule has 2 aromatic heterocycles. The van der Waals surface area contributed by atoms with Crippen molar-refractivity contribution in [1.29, 1.82) is 0 Å². The van der Waals surface area contributed by atoms with Crippen LogP contribution in [0.1, 0.15) is 46.3 Å². The van der Waals surface area contributed by atoms with Gasteiger partial charge in [0.1, 0.15) is 17.2 Å². The average Bonchev–Trinajstić information content (AvgIpc) is 3.45. The molecule has 1 fully saturated rings. The lowest BCUT2D eigenvalue weighted by Gasteiger charge is -2.29. The number of aliphatic hydroxyl groups is 1. The number of carbonyl (C=O) groups is 2. The molecule has 2 aromatic carbocycles. The SMILES string of the molecule is Cc1cccc([C@@H](CO)SNC(=O)C(C)[C@@H](C)N2Cc3ccc(-c4nc(Nc5ccc(F)c(N6CCOCC6)c5)ncc4Cl)nc3C2=O)c1. The van der Waals surface area contributed by atoms with Gasteiger partial charge in [-0.25, -0.2) is 19.3 Å². The number of rotatable bonds is 11. The van der Waals surface area contributed by atoms with Gasteiger partial charge in [-0.1, -0.05) is 54.4 Å². The number of carbonyl (C=O) groups excluding carboxylic acids is 2. The predicted octanol–water partition coefficient (Wildman–Crippen LogP) is 5.70. The zero-order chi connectivity index (χ0) is 34.7. The zero-order valence-corrected chi connectivity index (χ0v) is 28.9. The topological polar surface area (TPSA) is 133 Å². The number of halogens is 2. The molecule has 1 saturated heterocycles. The Morgan fingerprint density at radius 3 is 2.65 bits per heavy atom. The number of ether oxygens (including phenoxy) is 1. The van der Waals surface area contributed by atoms with Gasteiger partial charge in [-0.05, 0) is 55.6 Å². The van der Waals surface area contributed by atoms with Crippen molar-refractivity contribution in [3.05, 3.63) is 94.0 Å². The quantitative estimate of drug-likeness (QED) is 0.167. The fourth-order valence-corrected chi connectivity index (χ4v) is 6.81. The van der Waals surface area contributed by atoms with Gasteiger partial charge in [-0.2, -0.15) is 0 Å². The molecule has 49 heavy (non-hydrogen) atoms. The Labute approximate surface area is 293 Å². The number of morpholine rings is 1. The molecule has 2 aliphatic heterocycles. The second-order valence-corrected chi connectivity index (χ2v) is 13.5. The van der Waals surface area contributed by atoms with E-state index in [4.69, 9.17) is 16.3 Å². The summed E-state index contributed by atoms with van der Waals surface area (Å²) >= 11 is 7.67. The summed E-state index contributed by atoms with van der Waals surface area (Å²) in [5, 5.41) is 13.0. The number of hydrogen-bond donors (Lipinski definition) is 3. The Kier molecular flexibility index (Phi) is 10.6. The summed E-state index contributed by atoms with van der Waals surface area (Å²) in [4.78, 5) is 43.9. The molecule has 2 amide bonds. The van der Waals surface area contributed by atoms with Crippen molar-refractivity contribution in [3.8, 4) is 11.4 Å². The van der Waals surface area contributed by atoms with Crippen LogP contribution in [0.2, 0.25) is 5.02 Å². The molecular formula is C35H37ClFN7O4S. The lowest BCUT2D eigenvalue weighted by atomic mass is 10.0. The molecule has 4 aromatic rings. The number of aryl methyl sites for hydroxylation is 1. The molecule has 14 heteroatoms. The molecule has 0 bridgehead atoms. The van der Waals surface area contributed by atoms with E-state index in [0.717, 1.165) is 28.6 Å². The van der Waals surface area contributed by atoms with Crippen molar-refractivity contribution in [2.24, 2.45) is 5.92 Å². The molecule has 0 saturated carbocycles. The van der Waals surface area contributed by atoms with Crippen LogP contribution < -0.4 is 14.9 Å². The van der Waals surface area contributed by atoms with Crippen molar-refractivity contribution in [2.75, 3.05) is 43.1 Å². The first-order chi connectivity index (χ1) is 23.6. The van der Waals surface area contributed by atoms with Crippen LogP contribution in [-0.4, -0.2) is 75.7 Å². The molecule has 0 radical (unpaired) electrons. The molecular weight excluding hydrogens is 669 g/mol. The number of pyridine rings is 1. The first-order valence-corrected chi connectivity index (χ1v) is 17.2. The average molecular weight is 706 g/mol. The Morgan fingerprint density at radius 1 is 1.10 bits per heavy atom. The van der Waals surface area contributed by atoms with Crippen molar-refractivity contribution in [1.82, 2.24) is 24.6 Å². The number of aliphatic hydroxyl groups excluding tert-OH is 1. The van der Waals surface area contributed by atoms with Gasteiger partial charge in [0.25, 0.3) is 5.91 Å². The van der Waals surface area contributed by atoms with Crippen LogP contribution in [0.15, 0.2) is 60.8 Å². The van der Waals surface area contributed by atoms with E-state index in [-0.39, 0.29) is 46.2 Å². The molecule has 256 valence electrons. The van der Waals surface area contributed by atoms with Crippen LogP contribution >= 0.6 is 23.5 Å². The van der Waals surface area contributed by atoms with Gasteiger partial charge in [0.15, 0.2) is 0 Å². The van der Waals surface area contributed by atoms with E-state index in [2.05, 4.69) is 25.0 Å². The highest BCUT2D eigenvalue weighted by atomic mass is 35.5. The van der Waals surface area contributed by atoms with Crippen molar-refractivity contribution >= 4 is 52.7 Å². The minimum atomic E-state index is -0.540. The summed E-state index contributed by atoms with van der Waals surface area (Å²) in [5.41, 5.74) is 4.75. The summed E-state index contributed by atoms with van der Waals surface area (Å²) in [6.45, 7) is 7.99. The van der Waals surface area contributed by atoms with E-state index in [0.29, 0.717) is 55.6 Å². The van der Waals surface area contributed by atoms with E-state index >= 15 is 0 Å². The van der Waals surface area contributed by atoms with E-state index in [1.807, 2.05) is 49.1 Å². The Balaban J connectivity index is 1.13. The predicted molar refractivity (Wildman–Crippen MR) is 188 cm³/mol. The molecule has 0 spiro atoms. The Bertz CT molecular complexity index is 1860. The Morgan fingerprint density at radius 2 is 1.90 bits per heavy atom. The second-order valence-electron chi connectivity index (χ2n) is 12.1. The van der Waals surface area contributed by atoms with Crippen molar-refractivity contribution < 1.29 is 23.8 Å². The molecule has 4 heterocycles. The van der Waals surface area contributed by atoms with Gasteiger partial charge >= 0.3 is 0 Å². The molecule has 6 rings (SSSR count). The van der Waals surface area contributed by atoms with Gasteiger partial charge in [-0.15, -0.1) is 0 Å². The van der Waals surface area contributed by atoms with Crippen LogP contribution in [0.5, 0.6) is 0 Å². The van der Waals surface area contributed by atoms with Gasteiger partial charge in [0.2, 0.25) is 11.9 Å². The maximum atomic E-state index is 14.7. The first-order valence-electron chi connectivity index (χ1n) is 16.0. The van der Waals surface area contributed by atoms with Crippen LogP contribution in [-0.2, 0) is 16.1 Å². The number of amides is 2. The van der Waals surface area contributed by atoms with Crippen LogP contribution in [0.4, 0.5) is 21.7 Å². The van der Waals surface area contributed by atoms with E-state index in [9.17, 15) is 19.1 Å². The monoisotopic (exact) mass is 705 g/mol. The van der Waals surface area contributed by atoms with E-state index in [1.54, 1.807) is 30.0 Å².